The number of benzene rings is 2. The third-order valence-electron chi connectivity index (χ3n) is 5.55. The number of nitrogens with zero attached hydrogens (tertiary/aromatic N) is 1. The van der Waals surface area contributed by atoms with E-state index in [9.17, 15) is 28.8 Å². The molecule has 4 N–H and O–H groups in total. The Kier molecular flexibility index (Phi) is 12.3. The Morgan fingerprint density at radius 1 is 0.950 bits per heavy atom. The van der Waals surface area contributed by atoms with Crippen molar-refractivity contribution in [2.75, 3.05) is 18.4 Å². The van der Waals surface area contributed by atoms with Gasteiger partial charge in [-0.2, -0.15) is 0 Å². The molecule has 0 radical (unpaired) electrons. The molecule has 0 aliphatic rings. The van der Waals surface area contributed by atoms with Gasteiger partial charge in [0.05, 0.1) is 25.4 Å². The number of aldehydes is 1. The number of carboxylic acids is 2. The van der Waals surface area contributed by atoms with Crippen LogP contribution >= 0.6 is 0 Å². The standard InChI is InChI=1S/C28H33N3O9/c1-18(2)13-23(27(38)30-20(17-32)15-26(36)37)28(39)31(12-11-25(34)35)16-24(33)29-19-7-6-10-22(14-19)40-21-8-4-3-5-9-21/h3-10,14,17-18,20,23H,11-13,15-16H2,1-2H3,(H,29,33)(H,30,38)(H,34,35)(H,36,37). The van der Waals surface area contributed by atoms with Gasteiger partial charge in [-0.05, 0) is 36.6 Å². The molecular weight excluding hydrogens is 522 g/mol. The number of hydrogen-bond donors (Lipinski definition) is 4. The summed E-state index contributed by atoms with van der Waals surface area (Å²) in [5.41, 5.74) is 0.364. The van der Waals surface area contributed by atoms with E-state index >= 15 is 0 Å². The minimum absolute atomic E-state index is 0.0212. The molecule has 2 atom stereocenters. The third kappa shape index (κ3) is 10.9. The maximum atomic E-state index is 13.4. The molecule has 3 amide bonds. The maximum Gasteiger partial charge on any atom is 0.305 e. The van der Waals surface area contributed by atoms with Gasteiger partial charge in [0.1, 0.15) is 23.7 Å². The van der Waals surface area contributed by atoms with Gasteiger partial charge in [-0.15, -0.1) is 0 Å². The van der Waals surface area contributed by atoms with Crippen molar-refractivity contribution in [1.82, 2.24) is 10.2 Å². The summed E-state index contributed by atoms with van der Waals surface area (Å²) in [5.74, 6) is -5.38. The SMILES string of the molecule is CC(C)CC(C(=O)NC(C=O)CC(=O)O)C(=O)N(CCC(=O)O)CC(=O)Nc1cccc(Oc2ccccc2)c1. The normalized spacial score (nSPS) is 12.1. The second kappa shape index (κ2) is 15.6. The summed E-state index contributed by atoms with van der Waals surface area (Å²) in [6, 6.07) is 14.2. The van der Waals surface area contributed by atoms with Crippen LogP contribution in [0.2, 0.25) is 0 Å². The number of carboxylic acid groups (broad SMARTS) is 2. The summed E-state index contributed by atoms with van der Waals surface area (Å²) < 4.78 is 5.76. The van der Waals surface area contributed by atoms with Crippen LogP contribution in [0.15, 0.2) is 54.6 Å². The van der Waals surface area contributed by atoms with Gasteiger partial charge in [0.2, 0.25) is 17.7 Å². The second-order valence-electron chi connectivity index (χ2n) is 9.43. The lowest BCUT2D eigenvalue weighted by atomic mass is 9.94. The monoisotopic (exact) mass is 555 g/mol. The van der Waals surface area contributed by atoms with Crippen LogP contribution in [0.4, 0.5) is 5.69 Å². The average molecular weight is 556 g/mol. The molecule has 12 heteroatoms. The number of para-hydroxylation sites is 1. The van der Waals surface area contributed by atoms with Gasteiger partial charge in [0.25, 0.3) is 0 Å². The fourth-order valence-corrected chi connectivity index (χ4v) is 3.75. The van der Waals surface area contributed by atoms with E-state index in [2.05, 4.69) is 10.6 Å². The van der Waals surface area contributed by atoms with Gasteiger partial charge in [0.15, 0.2) is 0 Å². The molecule has 0 aliphatic heterocycles. The van der Waals surface area contributed by atoms with Crippen LogP contribution in [-0.4, -0.2) is 70.2 Å². The zero-order valence-electron chi connectivity index (χ0n) is 22.2. The Morgan fingerprint density at radius 2 is 1.62 bits per heavy atom. The first kappa shape index (κ1) is 31.5. The highest BCUT2D eigenvalue weighted by atomic mass is 16.5. The van der Waals surface area contributed by atoms with Crippen molar-refractivity contribution in [2.24, 2.45) is 11.8 Å². The van der Waals surface area contributed by atoms with E-state index in [-0.39, 0.29) is 25.2 Å². The predicted molar refractivity (Wildman–Crippen MR) is 144 cm³/mol. The van der Waals surface area contributed by atoms with Gasteiger partial charge in [-0.1, -0.05) is 38.1 Å². The molecule has 40 heavy (non-hydrogen) atoms. The quantitative estimate of drug-likeness (QED) is 0.179. The summed E-state index contributed by atoms with van der Waals surface area (Å²) in [5, 5.41) is 23.0. The Morgan fingerprint density at radius 3 is 2.23 bits per heavy atom. The number of rotatable bonds is 16. The van der Waals surface area contributed by atoms with E-state index < -0.39 is 61.0 Å². The van der Waals surface area contributed by atoms with Gasteiger partial charge < -0.3 is 35.3 Å². The minimum atomic E-state index is -1.37. The highest BCUT2D eigenvalue weighted by molar-refractivity contribution is 6.03. The van der Waals surface area contributed by atoms with E-state index in [1.807, 2.05) is 18.2 Å². The molecule has 0 heterocycles. The van der Waals surface area contributed by atoms with Gasteiger partial charge in [-0.25, -0.2) is 0 Å². The largest absolute Gasteiger partial charge is 0.481 e. The lowest BCUT2D eigenvalue weighted by Gasteiger charge is -2.27. The molecule has 2 unspecified atom stereocenters. The number of hydrogen-bond acceptors (Lipinski definition) is 7. The maximum absolute atomic E-state index is 13.4. The number of aliphatic carboxylic acids is 2. The van der Waals surface area contributed by atoms with Crippen molar-refractivity contribution in [3.63, 3.8) is 0 Å². The fraction of sp³-hybridized carbons (Fsp3) is 0.357. The number of ether oxygens (including phenoxy) is 1. The van der Waals surface area contributed by atoms with Crippen LogP contribution < -0.4 is 15.4 Å². The molecular formula is C28H33N3O9. The van der Waals surface area contributed by atoms with E-state index in [4.69, 9.17) is 14.9 Å². The fourth-order valence-electron chi connectivity index (χ4n) is 3.75. The van der Waals surface area contributed by atoms with E-state index in [1.54, 1.807) is 50.2 Å². The van der Waals surface area contributed by atoms with Crippen LogP contribution in [0.5, 0.6) is 11.5 Å². The second-order valence-corrected chi connectivity index (χ2v) is 9.43. The molecule has 2 aromatic rings. The van der Waals surface area contributed by atoms with Gasteiger partial charge in [-0.3, -0.25) is 24.0 Å². The number of carbonyl (C=O) groups is 6. The Bertz CT molecular complexity index is 1200. The minimum Gasteiger partial charge on any atom is -0.481 e. The lowest BCUT2D eigenvalue weighted by molar-refractivity contribution is -0.146. The number of amides is 3. The van der Waals surface area contributed by atoms with Gasteiger partial charge >= 0.3 is 11.9 Å². The first-order valence-corrected chi connectivity index (χ1v) is 12.6. The Balaban J connectivity index is 2.19. The molecule has 0 bridgehead atoms. The van der Waals surface area contributed by atoms with Crippen molar-refractivity contribution in [3.8, 4) is 11.5 Å². The highest BCUT2D eigenvalue weighted by Crippen LogP contribution is 2.24. The number of anilines is 1. The summed E-state index contributed by atoms with van der Waals surface area (Å²) >= 11 is 0. The molecule has 214 valence electrons. The average Bonchev–Trinajstić information content (AvgIpc) is 2.89. The number of nitrogens with one attached hydrogen (secondary N) is 2. The Labute approximate surface area is 231 Å². The molecule has 12 nitrogen and oxygen atoms in total. The van der Waals surface area contributed by atoms with Crippen molar-refractivity contribution < 1.29 is 43.7 Å². The molecule has 2 rings (SSSR count). The molecule has 0 aromatic heterocycles. The molecule has 0 aliphatic carbocycles. The van der Waals surface area contributed by atoms with E-state index in [1.165, 1.54) is 0 Å². The zero-order valence-corrected chi connectivity index (χ0v) is 22.2. The zero-order chi connectivity index (χ0) is 29.7. The van der Waals surface area contributed by atoms with Gasteiger partial charge in [0, 0.05) is 18.3 Å². The van der Waals surface area contributed by atoms with Crippen molar-refractivity contribution >= 4 is 41.6 Å². The van der Waals surface area contributed by atoms with Crippen LogP contribution in [0.3, 0.4) is 0 Å². The number of carbonyl (C=O) groups excluding carboxylic acids is 4. The van der Waals surface area contributed by atoms with Crippen LogP contribution in [0, 0.1) is 11.8 Å². The smallest absolute Gasteiger partial charge is 0.305 e. The Hall–Kier alpha value is -4.74. The first-order chi connectivity index (χ1) is 19.0. The topological polar surface area (TPSA) is 179 Å². The molecule has 0 saturated heterocycles. The molecule has 0 spiro atoms. The van der Waals surface area contributed by atoms with Crippen molar-refractivity contribution in [1.29, 1.82) is 0 Å². The molecule has 0 fully saturated rings. The lowest BCUT2D eigenvalue weighted by Crippen LogP contribution is -2.49. The molecule has 0 saturated carbocycles. The predicted octanol–water partition coefficient (Wildman–Crippen LogP) is 2.54. The summed E-state index contributed by atoms with van der Waals surface area (Å²) in [6.45, 7) is 2.60. The highest BCUT2D eigenvalue weighted by Gasteiger charge is 2.34. The van der Waals surface area contributed by atoms with Crippen molar-refractivity contribution in [2.45, 2.75) is 39.2 Å². The van der Waals surface area contributed by atoms with Crippen LogP contribution in [0.1, 0.15) is 33.1 Å². The third-order valence-corrected chi connectivity index (χ3v) is 5.55. The first-order valence-electron chi connectivity index (χ1n) is 12.6. The summed E-state index contributed by atoms with van der Waals surface area (Å²) in [6.07, 6.45) is -0.872. The summed E-state index contributed by atoms with van der Waals surface area (Å²) in [7, 11) is 0. The van der Waals surface area contributed by atoms with Crippen LogP contribution in [-0.2, 0) is 28.8 Å². The van der Waals surface area contributed by atoms with Crippen LogP contribution in [0.25, 0.3) is 0 Å². The summed E-state index contributed by atoms with van der Waals surface area (Å²) in [4.78, 5) is 73.7. The van der Waals surface area contributed by atoms with E-state index in [0.29, 0.717) is 17.2 Å². The van der Waals surface area contributed by atoms with E-state index in [0.717, 1.165) is 4.90 Å². The van der Waals surface area contributed by atoms with Crippen molar-refractivity contribution in [3.05, 3.63) is 54.6 Å². The molecule has 2 aromatic carbocycles.